The van der Waals surface area contributed by atoms with Crippen LogP contribution in [0.25, 0.3) is 0 Å². The van der Waals surface area contributed by atoms with Crippen LogP contribution in [-0.2, 0) is 10.0 Å². The largest absolute Gasteiger partial charge is 0.505 e. The van der Waals surface area contributed by atoms with Gasteiger partial charge in [-0.05, 0) is 31.2 Å². The Hall–Kier alpha value is -2.54. The van der Waals surface area contributed by atoms with E-state index in [0.717, 1.165) is 5.56 Å². The molecule has 3 N–H and O–H groups in total. The number of sulfonamides is 1. The van der Waals surface area contributed by atoms with Gasteiger partial charge in [0, 0.05) is 12.1 Å². The molecule has 0 saturated heterocycles. The van der Waals surface area contributed by atoms with Crippen LogP contribution in [0.2, 0.25) is 10.0 Å². The summed E-state index contributed by atoms with van der Waals surface area (Å²) in [6, 6.07) is 18.3. The van der Waals surface area contributed by atoms with Gasteiger partial charge in [0.1, 0.15) is 10.6 Å². The van der Waals surface area contributed by atoms with Crippen LogP contribution in [0.15, 0.2) is 71.6 Å². The number of rotatable bonds is 4. The molecule has 0 atom stereocenters. The molecule has 0 unspecified atom stereocenters. The highest BCUT2D eigenvalue weighted by Crippen LogP contribution is 2.34. The normalized spacial score (nSPS) is 12.0. The predicted octanol–water partition coefficient (Wildman–Crippen LogP) is 3.34. The minimum absolute atomic E-state index is 0.0452. The summed E-state index contributed by atoms with van der Waals surface area (Å²) in [5.41, 5.74) is 1.98. The van der Waals surface area contributed by atoms with Crippen molar-refractivity contribution >= 4 is 44.7 Å². The van der Waals surface area contributed by atoms with Gasteiger partial charge in [-0.15, -0.1) is 0 Å². The van der Waals surface area contributed by atoms with Gasteiger partial charge in [0.2, 0.25) is 0 Å². The molecule has 3 aromatic carbocycles. The van der Waals surface area contributed by atoms with Gasteiger partial charge in [-0.25, -0.2) is 5.32 Å². The average molecular weight is 436 g/mol. The van der Waals surface area contributed by atoms with Crippen molar-refractivity contribution in [2.24, 2.45) is 0 Å². The van der Waals surface area contributed by atoms with Gasteiger partial charge in [-0.3, -0.25) is 0 Å². The van der Waals surface area contributed by atoms with E-state index in [1.165, 1.54) is 24.3 Å². The molecule has 3 aromatic rings. The van der Waals surface area contributed by atoms with Crippen molar-refractivity contribution in [3.8, 4) is 5.75 Å². The molecule has 0 radical (unpaired) electrons. The molecule has 5 nitrogen and oxygen atoms in total. The number of aryl methyl sites for hydroxylation is 1. The maximum Gasteiger partial charge on any atom is 0.328 e. The quantitative estimate of drug-likeness (QED) is 0.333. The summed E-state index contributed by atoms with van der Waals surface area (Å²) in [7, 11) is -3.84. The van der Waals surface area contributed by atoms with Crippen molar-refractivity contribution in [2.45, 2.75) is 11.8 Å². The molecule has 0 amide bonds. The molecule has 0 heterocycles. The minimum Gasteiger partial charge on any atom is -0.505 e. The maximum absolute atomic E-state index is 12.8. The third kappa shape index (κ3) is 4.65. The number of halogens is 2. The zero-order valence-corrected chi connectivity index (χ0v) is 17.1. The van der Waals surface area contributed by atoms with E-state index in [2.05, 4.69) is 9.71 Å². The van der Waals surface area contributed by atoms with Gasteiger partial charge in [0.05, 0.1) is 15.6 Å². The number of nitrogens with one attached hydrogen (secondary N) is 2. The van der Waals surface area contributed by atoms with E-state index in [9.17, 15) is 13.5 Å². The fourth-order valence-electron chi connectivity index (χ4n) is 2.45. The van der Waals surface area contributed by atoms with Crippen molar-refractivity contribution in [3.05, 3.63) is 87.9 Å². The summed E-state index contributed by atoms with van der Waals surface area (Å²) < 4.78 is 28.3. The molecule has 0 bridgehead atoms. The van der Waals surface area contributed by atoms with Crippen molar-refractivity contribution in [3.63, 3.8) is 0 Å². The predicted molar refractivity (Wildman–Crippen MR) is 112 cm³/mol. The second kappa shape index (κ2) is 8.22. The first-order chi connectivity index (χ1) is 13.3. The van der Waals surface area contributed by atoms with Gasteiger partial charge >= 0.3 is 10.0 Å². The van der Waals surface area contributed by atoms with Crippen molar-refractivity contribution in [1.29, 1.82) is 0 Å². The van der Waals surface area contributed by atoms with E-state index in [-0.39, 0.29) is 26.5 Å². The highest BCUT2D eigenvalue weighted by atomic mass is 35.5. The highest BCUT2D eigenvalue weighted by molar-refractivity contribution is 7.84. The summed E-state index contributed by atoms with van der Waals surface area (Å²) in [6.45, 7) is 1.88. The number of aromatic hydroxyl groups is 1. The fraction of sp³-hybridized carbons (Fsp3) is 0.0500. The molecule has 0 aliphatic rings. The lowest BCUT2D eigenvalue weighted by molar-refractivity contribution is -0.266. The second-order valence-corrected chi connectivity index (χ2v) is 8.57. The summed E-state index contributed by atoms with van der Waals surface area (Å²) in [5.74, 6) is -0.0191. The number of amidine groups is 1. The Morgan fingerprint density at radius 3 is 2.11 bits per heavy atom. The van der Waals surface area contributed by atoms with E-state index in [0.29, 0.717) is 11.3 Å². The number of phenolic OH excluding ortho intramolecular Hbond substituents is 1. The van der Waals surface area contributed by atoms with Crippen molar-refractivity contribution in [2.75, 3.05) is 5.32 Å². The molecule has 0 aliphatic carbocycles. The Kier molecular flexibility index (Phi) is 5.93. The third-order valence-corrected chi connectivity index (χ3v) is 5.86. The van der Waals surface area contributed by atoms with Crippen molar-refractivity contribution in [1.82, 2.24) is 0 Å². The molecule has 144 valence electrons. The Morgan fingerprint density at radius 2 is 1.54 bits per heavy atom. The van der Waals surface area contributed by atoms with Gasteiger partial charge in [-0.2, -0.15) is 12.8 Å². The van der Waals surface area contributed by atoms with Gasteiger partial charge in [0.15, 0.2) is 5.75 Å². The maximum atomic E-state index is 12.8. The van der Waals surface area contributed by atoms with Crippen LogP contribution in [-0.4, -0.2) is 19.4 Å². The summed E-state index contributed by atoms with van der Waals surface area (Å²) in [4.78, 5) is 0.134. The van der Waals surface area contributed by atoms with Crippen LogP contribution in [0, 0.1) is 6.92 Å². The van der Waals surface area contributed by atoms with Gasteiger partial charge in [0.25, 0.3) is 5.84 Å². The first kappa shape index (κ1) is 20.2. The molecule has 0 spiro atoms. The van der Waals surface area contributed by atoms with E-state index in [1.807, 2.05) is 13.0 Å². The highest BCUT2D eigenvalue weighted by Gasteiger charge is 2.21. The summed E-state index contributed by atoms with van der Waals surface area (Å²) >= 11 is 11.9. The van der Waals surface area contributed by atoms with E-state index >= 15 is 0 Å². The van der Waals surface area contributed by atoms with E-state index in [1.54, 1.807) is 36.4 Å². The van der Waals surface area contributed by atoms with Crippen LogP contribution >= 0.6 is 23.2 Å². The number of hydrogen-bond donors (Lipinski definition) is 3. The molecular weight excluding hydrogens is 419 g/mol. The van der Waals surface area contributed by atoms with Crippen LogP contribution < -0.4 is 9.71 Å². The molecule has 0 fully saturated rings. The number of anilines is 1. The topological polar surface area (TPSA) is 80.4 Å². The summed E-state index contributed by atoms with van der Waals surface area (Å²) in [5, 5.41) is 12.8. The lowest BCUT2D eigenvalue weighted by atomic mass is 10.2. The molecular formula is C20H17Cl2N2O3S+. The number of hydrogen-bond acceptors (Lipinski definition) is 3. The van der Waals surface area contributed by atoms with Crippen molar-refractivity contribution < 1.29 is 17.9 Å². The van der Waals surface area contributed by atoms with Crippen LogP contribution in [0.3, 0.4) is 0 Å². The standard InChI is InChI=1S/C20H16Cl2N2O3S/c1-13-7-9-16(10-8-13)28(26,27)24-20(14-5-3-2-4-6-14)23-15-11-17(21)19(25)18(22)12-15/h2-12,25H,1H3,(H,23,24)/p+1. The van der Waals surface area contributed by atoms with Gasteiger partial charge in [-0.1, -0.05) is 59.1 Å². The molecule has 28 heavy (non-hydrogen) atoms. The Morgan fingerprint density at radius 1 is 0.964 bits per heavy atom. The lowest BCUT2D eigenvalue weighted by Gasteiger charge is -2.07. The third-order valence-electron chi connectivity index (χ3n) is 3.92. The number of benzene rings is 3. The van der Waals surface area contributed by atoms with Crippen LogP contribution in [0.1, 0.15) is 11.1 Å². The smallest absolute Gasteiger partial charge is 0.328 e. The lowest BCUT2D eigenvalue weighted by Crippen LogP contribution is -2.78. The summed E-state index contributed by atoms with van der Waals surface area (Å²) in [6.07, 6.45) is 0. The van der Waals surface area contributed by atoms with Crippen LogP contribution in [0.5, 0.6) is 5.75 Å². The molecule has 0 aliphatic heterocycles. The SMILES string of the molecule is Cc1ccc(S(=O)(=O)[NH+]=C(Nc2cc(Cl)c(O)c(Cl)c2)c2ccccc2)cc1. The molecule has 0 aromatic heterocycles. The van der Waals surface area contributed by atoms with E-state index < -0.39 is 10.0 Å². The number of phenols is 1. The first-order valence-corrected chi connectivity index (χ1v) is 10.5. The Labute approximate surface area is 173 Å². The average Bonchev–Trinajstić information content (AvgIpc) is 2.66. The Bertz CT molecular complexity index is 1110. The zero-order valence-electron chi connectivity index (χ0n) is 14.8. The minimum atomic E-state index is -3.84. The molecule has 3 rings (SSSR count). The van der Waals surface area contributed by atoms with E-state index in [4.69, 9.17) is 23.2 Å². The Balaban J connectivity index is 2.07. The molecule has 0 saturated carbocycles. The fourth-order valence-corrected chi connectivity index (χ4v) is 3.99. The zero-order chi connectivity index (χ0) is 20.3. The second-order valence-electron chi connectivity index (χ2n) is 6.07. The van der Waals surface area contributed by atoms with Gasteiger partial charge < -0.3 is 5.11 Å². The first-order valence-electron chi connectivity index (χ1n) is 8.23. The molecule has 8 heteroatoms. The monoisotopic (exact) mass is 435 g/mol. The van der Waals surface area contributed by atoms with Crippen LogP contribution in [0.4, 0.5) is 5.69 Å².